The van der Waals surface area contributed by atoms with Gasteiger partial charge in [0.15, 0.2) is 0 Å². The molecule has 0 spiro atoms. The van der Waals surface area contributed by atoms with Crippen LogP contribution in [0.4, 0.5) is 4.79 Å². The summed E-state index contributed by atoms with van der Waals surface area (Å²) >= 11 is 0. The van der Waals surface area contributed by atoms with Gasteiger partial charge in [-0.25, -0.2) is 4.79 Å². The van der Waals surface area contributed by atoms with Crippen molar-refractivity contribution in [2.24, 2.45) is 5.92 Å². The number of carbonyl (C=O) groups is 1. The highest BCUT2D eigenvalue weighted by atomic mass is 16.6. The Labute approximate surface area is 181 Å². The molecule has 2 fully saturated rings. The maximum Gasteiger partial charge on any atom is 0.494 e. The molecule has 2 aliphatic rings. The van der Waals surface area contributed by atoms with Crippen molar-refractivity contribution in [3.63, 3.8) is 0 Å². The van der Waals surface area contributed by atoms with Crippen LogP contribution in [0.25, 0.3) is 0 Å². The zero-order chi connectivity index (χ0) is 21.9. The summed E-state index contributed by atoms with van der Waals surface area (Å²) in [6, 6.07) is 7.98. The monoisotopic (exact) mass is 417 g/mol. The van der Waals surface area contributed by atoms with Crippen LogP contribution in [0.3, 0.4) is 0 Å². The van der Waals surface area contributed by atoms with Gasteiger partial charge in [0.25, 0.3) is 0 Å². The number of likely N-dealkylation sites (tertiary alicyclic amines) is 1. The molecule has 2 heterocycles. The third-order valence-corrected chi connectivity index (χ3v) is 5.44. The third-order valence-electron chi connectivity index (χ3n) is 5.44. The molecule has 1 atom stereocenters. The minimum absolute atomic E-state index is 0.151. The van der Waals surface area contributed by atoms with Crippen molar-refractivity contribution in [2.45, 2.75) is 78.1 Å². The summed E-state index contributed by atoms with van der Waals surface area (Å²) in [6.45, 7) is 14.0. The van der Waals surface area contributed by atoms with Crippen LogP contribution in [0.1, 0.15) is 60.8 Å². The van der Waals surface area contributed by atoms with E-state index in [1.807, 2.05) is 45.0 Å². The lowest BCUT2D eigenvalue weighted by atomic mass is 9.75. The third kappa shape index (κ3) is 6.64. The van der Waals surface area contributed by atoms with Gasteiger partial charge in [0.05, 0.1) is 12.2 Å². The topological polar surface area (TPSA) is 57.2 Å². The first-order valence-corrected chi connectivity index (χ1v) is 11.0. The summed E-state index contributed by atoms with van der Waals surface area (Å²) in [5.41, 5.74) is 0.314. The molecule has 0 bridgehead atoms. The van der Waals surface area contributed by atoms with E-state index in [1.54, 1.807) is 4.90 Å². The average Bonchev–Trinajstić information content (AvgIpc) is 2.64. The quantitative estimate of drug-likeness (QED) is 0.693. The van der Waals surface area contributed by atoms with Gasteiger partial charge in [0, 0.05) is 19.2 Å². The summed E-state index contributed by atoms with van der Waals surface area (Å²) in [7, 11) is -0.371. The predicted octanol–water partition coefficient (Wildman–Crippen LogP) is 4.01. The first-order valence-electron chi connectivity index (χ1n) is 11.0. The number of ether oxygens (including phenoxy) is 2. The Bertz CT molecular complexity index is 725. The maximum absolute atomic E-state index is 12.2. The Kier molecular flexibility index (Phi) is 7.03. The molecule has 0 aromatic heterocycles. The molecule has 7 heteroatoms. The van der Waals surface area contributed by atoms with Crippen LogP contribution in [0.5, 0.6) is 5.75 Å². The molecule has 3 rings (SSSR count). The van der Waals surface area contributed by atoms with E-state index in [4.69, 9.17) is 18.8 Å². The number of hydrogen-bond acceptors (Lipinski definition) is 5. The predicted molar refractivity (Wildman–Crippen MR) is 118 cm³/mol. The normalized spacial score (nSPS) is 22.7. The van der Waals surface area contributed by atoms with Crippen molar-refractivity contribution in [1.82, 2.24) is 4.90 Å². The van der Waals surface area contributed by atoms with Gasteiger partial charge < -0.3 is 23.7 Å². The molecule has 1 aromatic carbocycles. The largest absolute Gasteiger partial charge is 0.494 e. The van der Waals surface area contributed by atoms with Crippen molar-refractivity contribution in [3.8, 4) is 5.75 Å². The number of nitrogens with zero attached hydrogens (tertiary/aromatic N) is 1. The molecular weight excluding hydrogens is 381 g/mol. The summed E-state index contributed by atoms with van der Waals surface area (Å²) in [5, 5.41) is 0. The van der Waals surface area contributed by atoms with Crippen molar-refractivity contribution in [2.75, 3.05) is 19.7 Å². The Morgan fingerprint density at radius 3 is 2.60 bits per heavy atom. The van der Waals surface area contributed by atoms with Crippen LogP contribution >= 0.6 is 0 Å². The van der Waals surface area contributed by atoms with E-state index in [0.29, 0.717) is 25.6 Å². The van der Waals surface area contributed by atoms with Gasteiger partial charge in [0.2, 0.25) is 0 Å². The van der Waals surface area contributed by atoms with Crippen LogP contribution in [0.15, 0.2) is 24.3 Å². The van der Waals surface area contributed by atoms with E-state index in [0.717, 1.165) is 30.5 Å². The molecule has 30 heavy (non-hydrogen) atoms. The zero-order valence-corrected chi connectivity index (χ0v) is 19.3. The highest BCUT2D eigenvalue weighted by molar-refractivity contribution is 6.61. The molecule has 6 nitrogen and oxygen atoms in total. The number of carbonyl (C=O) groups excluding carboxylic acids is 1. The van der Waals surface area contributed by atoms with Crippen LogP contribution < -0.4 is 10.2 Å². The fraction of sp³-hybridized carbons (Fsp3) is 0.696. The Hall–Kier alpha value is -1.73. The van der Waals surface area contributed by atoms with Gasteiger partial charge in [0.1, 0.15) is 11.4 Å². The lowest BCUT2D eigenvalue weighted by Crippen LogP contribution is -2.51. The minimum Gasteiger partial charge on any atom is -0.493 e. The molecule has 0 aliphatic carbocycles. The first-order chi connectivity index (χ1) is 14.0. The molecule has 2 saturated heterocycles. The fourth-order valence-corrected chi connectivity index (χ4v) is 4.04. The van der Waals surface area contributed by atoms with Gasteiger partial charge >= 0.3 is 13.2 Å². The first kappa shape index (κ1) is 22.9. The van der Waals surface area contributed by atoms with Gasteiger partial charge in [-0.3, -0.25) is 0 Å². The van der Waals surface area contributed by atoms with Crippen LogP contribution in [-0.4, -0.2) is 55.1 Å². The average molecular weight is 417 g/mol. The Morgan fingerprint density at radius 1 is 1.27 bits per heavy atom. The van der Waals surface area contributed by atoms with Crippen LogP contribution in [0, 0.1) is 5.92 Å². The second-order valence-corrected chi connectivity index (χ2v) is 10.2. The van der Waals surface area contributed by atoms with Gasteiger partial charge in [-0.1, -0.05) is 12.1 Å². The number of amides is 1. The Morgan fingerprint density at radius 2 is 1.97 bits per heavy atom. The number of benzene rings is 1. The highest BCUT2D eigenvalue weighted by Crippen LogP contribution is 2.26. The molecular formula is C23H36BNO5. The van der Waals surface area contributed by atoms with Gasteiger partial charge in [-0.2, -0.15) is 0 Å². The molecule has 2 aliphatic heterocycles. The second kappa shape index (κ2) is 9.19. The molecule has 1 aromatic rings. The standard InChI is InChI=1S/C23H36BNO5/c1-17-15-23(5,6)30-24(29-17)19-8-7-9-20(14-19)27-16-18-10-12-25(13-11-18)21(26)28-22(2,3)4/h7-9,14,17-18H,10-13,15-16H2,1-6H3. The number of hydrogen-bond donors (Lipinski definition) is 0. The van der Waals surface area contributed by atoms with Crippen LogP contribution in [-0.2, 0) is 14.0 Å². The van der Waals surface area contributed by atoms with E-state index >= 15 is 0 Å². The summed E-state index contributed by atoms with van der Waals surface area (Å²) in [6.07, 6.45) is 2.64. The summed E-state index contributed by atoms with van der Waals surface area (Å²) < 4.78 is 23.7. The van der Waals surface area contributed by atoms with Crippen molar-refractivity contribution >= 4 is 18.7 Å². The fourth-order valence-electron chi connectivity index (χ4n) is 4.04. The minimum atomic E-state index is -0.458. The lowest BCUT2D eigenvalue weighted by Gasteiger charge is -2.38. The summed E-state index contributed by atoms with van der Waals surface area (Å²) in [5.74, 6) is 1.25. The van der Waals surface area contributed by atoms with E-state index in [2.05, 4.69) is 20.8 Å². The molecule has 1 unspecified atom stereocenters. The zero-order valence-electron chi connectivity index (χ0n) is 19.3. The molecule has 1 amide bonds. The van der Waals surface area contributed by atoms with E-state index < -0.39 is 5.60 Å². The second-order valence-electron chi connectivity index (χ2n) is 10.2. The van der Waals surface area contributed by atoms with E-state index in [-0.39, 0.29) is 24.9 Å². The van der Waals surface area contributed by atoms with Gasteiger partial charge in [-0.05, 0) is 84.3 Å². The Balaban J connectivity index is 1.49. The molecule has 0 saturated carbocycles. The lowest BCUT2D eigenvalue weighted by molar-refractivity contribution is -0.0230. The van der Waals surface area contributed by atoms with Crippen molar-refractivity contribution in [1.29, 1.82) is 0 Å². The van der Waals surface area contributed by atoms with Crippen molar-refractivity contribution in [3.05, 3.63) is 24.3 Å². The highest BCUT2D eigenvalue weighted by Gasteiger charge is 2.38. The van der Waals surface area contributed by atoms with Crippen molar-refractivity contribution < 1.29 is 23.6 Å². The SMILES string of the molecule is CC1CC(C)(C)OB(c2cccc(OCC3CCN(C(=O)OC(C)(C)C)CC3)c2)O1. The molecule has 166 valence electrons. The van der Waals surface area contributed by atoms with Crippen LogP contribution in [0.2, 0.25) is 0 Å². The van der Waals surface area contributed by atoms with E-state index in [1.165, 1.54) is 0 Å². The molecule has 0 radical (unpaired) electrons. The number of rotatable bonds is 4. The summed E-state index contributed by atoms with van der Waals surface area (Å²) in [4.78, 5) is 14.0. The molecule has 0 N–H and O–H groups in total. The van der Waals surface area contributed by atoms with Gasteiger partial charge in [-0.15, -0.1) is 0 Å². The van der Waals surface area contributed by atoms with E-state index in [9.17, 15) is 4.79 Å². The smallest absolute Gasteiger partial charge is 0.493 e. The maximum atomic E-state index is 12.2. The number of piperidine rings is 1.